The largest absolute Gasteiger partial charge is 0.0658 e. The van der Waals surface area contributed by atoms with Crippen LogP contribution in [-0.4, -0.2) is 0 Å². The maximum atomic E-state index is 2.89. The van der Waals surface area contributed by atoms with Crippen LogP contribution in [0.4, 0.5) is 0 Å². The zero-order valence-electron chi connectivity index (χ0n) is 2.13. The molecule has 0 spiro atoms. The average molecular weight is 405 g/mol. The summed E-state index contributed by atoms with van der Waals surface area (Å²) >= 11 is 6.46. The van der Waals surface area contributed by atoms with E-state index in [4.69, 9.17) is 0 Å². The summed E-state index contributed by atoms with van der Waals surface area (Å²) in [5.41, 5.74) is 0. The predicted octanol–water partition coefficient (Wildman–Crippen LogP) is 2.89. The summed E-state index contributed by atoms with van der Waals surface area (Å²) in [6.45, 7) is 0. The van der Waals surface area contributed by atoms with Gasteiger partial charge in [-0.3, -0.25) is 0 Å². The third kappa shape index (κ3) is 5.93. The van der Waals surface area contributed by atoms with Gasteiger partial charge in [-0.2, -0.15) is 0 Å². The normalized spacial score (nSPS) is 7.00. The third-order valence-corrected chi connectivity index (χ3v) is 3.21. The van der Waals surface area contributed by atoms with E-state index in [9.17, 15) is 0 Å². The second-order valence-electron chi connectivity index (χ2n) is 0.355. The molecule has 0 aliphatic carbocycles. The lowest BCUT2D eigenvalue weighted by atomic mass is 11.3. The molecule has 0 aromatic carbocycles. The molecule has 0 aliphatic rings. The highest BCUT2D eigenvalue weighted by Crippen LogP contribution is 2.14. The molecule has 0 aliphatic heterocycles. The first-order chi connectivity index (χ1) is 2.27. The smallest absolute Gasteiger partial charge is 0.0414 e. The van der Waals surface area contributed by atoms with E-state index in [0.717, 1.165) is 0 Å². The Balaban J connectivity index is 3.14. The third-order valence-electron chi connectivity index (χ3n) is 0.0714. The van der Waals surface area contributed by atoms with E-state index in [1.807, 2.05) is 0 Å². The first-order valence-electron chi connectivity index (χ1n) is 0.817. The monoisotopic (exact) mass is 405 g/mol. The van der Waals surface area contributed by atoms with Crippen molar-refractivity contribution in [3.63, 3.8) is 0 Å². The molecule has 0 fully saturated rings. The Morgan fingerprint density at radius 2 is 1.60 bits per heavy atom. The van der Waals surface area contributed by atoms with Gasteiger partial charge < -0.3 is 0 Å². The van der Waals surface area contributed by atoms with Gasteiger partial charge in [-0.15, -0.1) is 0 Å². The predicted molar refractivity (Wildman–Crippen MR) is 48.8 cm³/mol. The number of halogens is 3. The molecule has 1 radical (unpaired) electrons. The Kier molecular flexibility index (Phi) is 5.68. The number of hydrogen-bond acceptors (Lipinski definition) is 0. The zero-order chi connectivity index (χ0) is 4.28. The van der Waals surface area contributed by atoms with Crippen molar-refractivity contribution < 1.29 is 0 Å². The Morgan fingerprint density at radius 1 is 1.40 bits per heavy atom. The first kappa shape index (κ1) is 6.93. The van der Waals surface area contributed by atoms with Gasteiger partial charge in [0.05, 0.1) is 1.59 Å². The van der Waals surface area contributed by atoms with E-state index in [0.29, 0.717) is 0 Å². The summed E-state index contributed by atoms with van der Waals surface area (Å²) < 4.78 is 4.07. The van der Waals surface area contributed by atoms with E-state index in [1.54, 1.807) is 0 Å². The van der Waals surface area contributed by atoms with Crippen molar-refractivity contribution >= 4 is 67.8 Å². The van der Waals surface area contributed by atoms with Gasteiger partial charge in [0.1, 0.15) is 0 Å². The second kappa shape index (κ2) is 4.10. The summed E-state index contributed by atoms with van der Waals surface area (Å²) in [6.07, 6.45) is 0. The summed E-state index contributed by atoms with van der Waals surface area (Å²) in [6, 6.07) is 0. The van der Waals surface area contributed by atoms with Crippen molar-refractivity contribution in [2.24, 2.45) is 0 Å². The van der Waals surface area contributed by atoms with Crippen LogP contribution in [0, 0.1) is 4.08 Å². The highest BCUT2D eigenvalue weighted by atomic mass is 127. The Morgan fingerprint density at radius 3 is 1.60 bits per heavy atom. The van der Waals surface area contributed by atoms with E-state index in [-0.39, 0.29) is 0 Å². The van der Waals surface area contributed by atoms with Crippen molar-refractivity contribution in [2.75, 3.05) is 0 Å². The van der Waals surface area contributed by atoms with Crippen LogP contribution in [-0.2, 0) is 0 Å². The van der Waals surface area contributed by atoms with E-state index < -0.39 is 0 Å². The fourth-order valence-electron chi connectivity index (χ4n) is 0. The van der Waals surface area contributed by atoms with Gasteiger partial charge in [-0.25, -0.2) is 0 Å². The Bertz CT molecular complexity index is 42.9. The van der Waals surface area contributed by atoms with Crippen LogP contribution in [0.5, 0.6) is 0 Å². The maximum absolute atomic E-state index is 2.89. The Hall–Kier alpha value is 1.93. The van der Waals surface area contributed by atoms with E-state index in [1.165, 1.54) is 1.59 Å². The van der Waals surface area contributed by atoms with Gasteiger partial charge in [0.2, 0.25) is 0 Å². The minimum absolute atomic E-state index is 1.18. The molecule has 29 valence electrons. The maximum Gasteiger partial charge on any atom is 0.0658 e. The summed E-state index contributed by atoms with van der Waals surface area (Å²) in [5, 5.41) is 0. The highest BCUT2D eigenvalue weighted by molar-refractivity contribution is 14.2. The zero-order valence-corrected chi connectivity index (χ0v) is 8.61. The van der Waals surface area contributed by atoms with Crippen LogP contribution in [0.25, 0.3) is 0 Å². The molecule has 0 bridgehead atoms. The molecular formula is C2I3. The van der Waals surface area contributed by atoms with Crippen molar-refractivity contribution in [3.05, 3.63) is 5.67 Å². The molecule has 0 aromatic heterocycles. The molecule has 0 rings (SSSR count). The van der Waals surface area contributed by atoms with Crippen LogP contribution in [0.2, 0.25) is 0 Å². The second-order valence-corrected chi connectivity index (χ2v) is 5.12. The van der Waals surface area contributed by atoms with Crippen LogP contribution < -0.4 is 0 Å². The van der Waals surface area contributed by atoms with Crippen molar-refractivity contribution in [2.45, 2.75) is 0 Å². The van der Waals surface area contributed by atoms with Crippen LogP contribution in [0.3, 0.4) is 0 Å². The lowest BCUT2D eigenvalue weighted by Gasteiger charge is -1.64. The molecule has 0 heterocycles. The van der Waals surface area contributed by atoms with E-state index >= 15 is 0 Å². The van der Waals surface area contributed by atoms with Gasteiger partial charge in [0.15, 0.2) is 0 Å². The van der Waals surface area contributed by atoms with E-state index in [2.05, 4.69) is 71.9 Å². The quantitative estimate of drug-likeness (QED) is 0.545. The molecule has 0 nitrogen and oxygen atoms in total. The molecule has 3 heteroatoms. The molecule has 0 atom stereocenters. The fourth-order valence-corrected chi connectivity index (χ4v) is 0. The molecule has 0 aromatic rings. The molecule has 0 amide bonds. The standard InChI is InChI=1S/C2I3/c3-1-2(4)5. The summed E-state index contributed by atoms with van der Waals surface area (Å²) in [7, 11) is 0. The number of hydrogen-bond donors (Lipinski definition) is 0. The van der Waals surface area contributed by atoms with Crippen molar-refractivity contribution in [1.29, 1.82) is 0 Å². The van der Waals surface area contributed by atoms with Gasteiger partial charge in [0, 0.05) is 4.08 Å². The summed E-state index contributed by atoms with van der Waals surface area (Å²) in [5.74, 6) is 0. The van der Waals surface area contributed by atoms with Crippen LogP contribution in [0.15, 0.2) is 1.59 Å². The first-order valence-corrected chi connectivity index (χ1v) is 4.05. The van der Waals surface area contributed by atoms with Crippen LogP contribution in [0.1, 0.15) is 0 Å². The number of rotatable bonds is 0. The van der Waals surface area contributed by atoms with Crippen molar-refractivity contribution in [1.82, 2.24) is 0 Å². The van der Waals surface area contributed by atoms with Crippen LogP contribution >= 0.6 is 67.8 Å². The topological polar surface area (TPSA) is 0 Å². The van der Waals surface area contributed by atoms with Crippen molar-refractivity contribution in [3.8, 4) is 0 Å². The molecule has 0 unspecified atom stereocenters. The molecule has 0 saturated heterocycles. The minimum atomic E-state index is 1.18. The van der Waals surface area contributed by atoms with Gasteiger partial charge in [0.25, 0.3) is 0 Å². The molecule has 5 heavy (non-hydrogen) atoms. The lowest BCUT2D eigenvalue weighted by molar-refractivity contribution is 2.53. The van der Waals surface area contributed by atoms with Gasteiger partial charge in [-0.1, -0.05) is 0 Å². The molecule has 0 saturated carbocycles. The summed E-state index contributed by atoms with van der Waals surface area (Å²) in [4.78, 5) is 0. The fraction of sp³-hybridized carbons (Fsp3) is 0. The molecular weight excluding hydrogens is 405 g/mol. The molecule has 0 N–H and O–H groups in total. The Labute approximate surface area is 72.2 Å². The average Bonchev–Trinajstić information content (AvgIpc) is 1.38. The van der Waals surface area contributed by atoms with Gasteiger partial charge in [-0.05, 0) is 67.8 Å². The lowest BCUT2D eigenvalue weighted by Crippen LogP contribution is -1.30. The SMILES string of the molecule is I[C]=C(I)I. The van der Waals surface area contributed by atoms with Gasteiger partial charge >= 0.3 is 0 Å². The minimum Gasteiger partial charge on any atom is -0.0414 e. The highest BCUT2D eigenvalue weighted by Gasteiger charge is 1.69.